The lowest BCUT2D eigenvalue weighted by Crippen LogP contribution is -2.22. The Kier molecular flexibility index (Phi) is 5.34. The molecule has 2 N–H and O–H groups in total. The molecule has 0 saturated heterocycles. The fourth-order valence-corrected chi connectivity index (χ4v) is 0.757. The van der Waals surface area contributed by atoms with Crippen LogP contribution in [0.4, 0.5) is 0 Å². The molecular weight excluding hydrogens is 172 g/mol. The van der Waals surface area contributed by atoms with Crippen molar-refractivity contribution in [3.8, 4) is 0 Å². The molecule has 2 atom stereocenters. The second-order valence-electron chi connectivity index (χ2n) is 3.12. The van der Waals surface area contributed by atoms with Crippen molar-refractivity contribution in [1.82, 2.24) is 0 Å². The van der Waals surface area contributed by atoms with Crippen molar-refractivity contribution in [3.05, 3.63) is 12.2 Å². The third-order valence-electron chi connectivity index (χ3n) is 1.37. The summed E-state index contributed by atoms with van der Waals surface area (Å²) in [6, 6.07) is 0. The number of ether oxygens (including phenoxy) is 1. The van der Waals surface area contributed by atoms with E-state index in [0.29, 0.717) is 5.57 Å². The standard InChI is InChI=1S/C9H16O4/c1-6(2)9(12)13-5-8(11)4-7(3)10/h7-8,10-11H,1,4-5H2,2-3H3. The van der Waals surface area contributed by atoms with Crippen LogP contribution in [0.15, 0.2) is 12.2 Å². The van der Waals surface area contributed by atoms with Gasteiger partial charge in [-0.3, -0.25) is 0 Å². The lowest BCUT2D eigenvalue weighted by Gasteiger charge is -2.12. The van der Waals surface area contributed by atoms with Crippen LogP contribution in [-0.4, -0.2) is 35.0 Å². The molecule has 2 unspecified atom stereocenters. The maximum absolute atomic E-state index is 10.8. The monoisotopic (exact) mass is 188 g/mol. The molecule has 0 spiro atoms. The highest BCUT2D eigenvalue weighted by Gasteiger charge is 2.11. The Hall–Kier alpha value is -0.870. The third-order valence-corrected chi connectivity index (χ3v) is 1.37. The predicted molar refractivity (Wildman–Crippen MR) is 48.1 cm³/mol. The fraction of sp³-hybridized carbons (Fsp3) is 0.667. The average Bonchev–Trinajstić information content (AvgIpc) is 1.98. The second-order valence-corrected chi connectivity index (χ2v) is 3.12. The molecule has 4 nitrogen and oxygen atoms in total. The minimum atomic E-state index is -0.816. The Labute approximate surface area is 77.8 Å². The van der Waals surface area contributed by atoms with Crippen LogP contribution >= 0.6 is 0 Å². The zero-order valence-corrected chi connectivity index (χ0v) is 7.99. The average molecular weight is 188 g/mol. The number of carbonyl (C=O) groups excluding carboxylic acids is 1. The number of aliphatic hydroxyl groups excluding tert-OH is 2. The maximum atomic E-state index is 10.8. The molecule has 0 bridgehead atoms. The van der Waals surface area contributed by atoms with Crippen LogP contribution < -0.4 is 0 Å². The van der Waals surface area contributed by atoms with Gasteiger partial charge in [-0.15, -0.1) is 0 Å². The summed E-state index contributed by atoms with van der Waals surface area (Å²) >= 11 is 0. The van der Waals surface area contributed by atoms with Gasteiger partial charge in [0.2, 0.25) is 0 Å². The van der Waals surface area contributed by atoms with E-state index in [1.807, 2.05) is 0 Å². The highest BCUT2D eigenvalue weighted by atomic mass is 16.5. The minimum absolute atomic E-state index is 0.101. The summed E-state index contributed by atoms with van der Waals surface area (Å²) in [5.74, 6) is -0.523. The minimum Gasteiger partial charge on any atom is -0.460 e. The molecule has 0 radical (unpaired) electrons. The first-order chi connectivity index (χ1) is 5.93. The van der Waals surface area contributed by atoms with Crippen molar-refractivity contribution in [2.24, 2.45) is 0 Å². The Bertz CT molecular complexity index is 186. The molecule has 0 aromatic heterocycles. The Morgan fingerprint density at radius 3 is 2.46 bits per heavy atom. The van der Waals surface area contributed by atoms with E-state index in [4.69, 9.17) is 5.11 Å². The van der Waals surface area contributed by atoms with Gasteiger partial charge < -0.3 is 14.9 Å². The molecule has 0 aliphatic heterocycles. The molecule has 0 aromatic rings. The predicted octanol–water partition coefficient (Wildman–Crippen LogP) is 0.237. The van der Waals surface area contributed by atoms with Crippen LogP contribution in [0.25, 0.3) is 0 Å². The highest BCUT2D eigenvalue weighted by Crippen LogP contribution is 2.00. The Morgan fingerprint density at radius 1 is 1.54 bits per heavy atom. The van der Waals surface area contributed by atoms with Gasteiger partial charge in [-0.2, -0.15) is 0 Å². The van der Waals surface area contributed by atoms with E-state index >= 15 is 0 Å². The molecule has 0 rings (SSSR count). The van der Waals surface area contributed by atoms with Crippen molar-refractivity contribution in [2.75, 3.05) is 6.61 Å². The summed E-state index contributed by atoms with van der Waals surface area (Å²) in [6.45, 7) is 6.38. The molecule has 0 amide bonds. The first-order valence-electron chi connectivity index (χ1n) is 4.12. The quantitative estimate of drug-likeness (QED) is 0.479. The first-order valence-corrected chi connectivity index (χ1v) is 4.12. The summed E-state index contributed by atoms with van der Waals surface area (Å²) in [6.07, 6.45) is -1.22. The van der Waals surface area contributed by atoms with Gasteiger partial charge >= 0.3 is 5.97 Å². The van der Waals surface area contributed by atoms with E-state index in [9.17, 15) is 9.90 Å². The molecule has 0 aliphatic carbocycles. The molecule has 0 fully saturated rings. The Balaban J connectivity index is 3.64. The number of hydrogen-bond acceptors (Lipinski definition) is 4. The van der Waals surface area contributed by atoms with Crippen molar-refractivity contribution >= 4 is 5.97 Å². The largest absolute Gasteiger partial charge is 0.460 e. The van der Waals surface area contributed by atoms with Gasteiger partial charge in [-0.05, 0) is 13.8 Å². The van der Waals surface area contributed by atoms with E-state index < -0.39 is 18.2 Å². The number of carbonyl (C=O) groups is 1. The molecule has 0 aromatic carbocycles. The van der Waals surface area contributed by atoms with E-state index in [0.717, 1.165) is 0 Å². The first kappa shape index (κ1) is 12.1. The molecule has 76 valence electrons. The molecule has 0 heterocycles. The van der Waals surface area contributed by atoms with Gasteiger partial charge in [0.1, 0.15) is 6.61 Å². The summed E-state index contributed by atoms with van der Waals surface area (Å²) in [7, 11) is 0. The number of esters is 1. The van der Waals surface area contributed by atoms with E-state index in [2.05, 4.69) is 11.3 Å². The normalized spacial score (nSPS) is 14.8. The summed E-state index contributed by atoms with van der Waals surface area (Å²) in [5, 5.41) is 18.1. The van der Waals surface area contributed by atoms with Gasteiger partial charge in [0.15, 0.2) is 0 Å². The molecule has 0 aliphatic rings. The van der Waals surface area contributed by atoms with Crippen molar-refractivity contribution in [2.45, 2.75) is 32.5 Å². The third kappa shape index (κ3) is 6.31. The lowest BCUT2D eigenvalue weighted by molar-refractivity contribution is -0.142. The summed E-state index contributed by atoms with van der Waals surface area (Å²) < 4.78 is 4.67. The Morgan fingerprint density at radius 2 is 2.08 bits per heavy atom. The van der Waals surface area contributed by atoms with Crippen LogP contribution in [0.5, 0.6) is 0 Å². The summed E-state index contributed by atoms with van der Waals surface area (Å²) in [5.41, 5.74) is 0.296. The number of aliphatic hydroxyl groups is 2. The van der Waals surface area contributed by atoms with E-state index in [1.54, 1.807) is 6.92 Å². The van der Waals surface area contributed by atoms with E-state index in [-0.39, 0.29) is 13.0 Å². The van der Waals surface area contributed by atoms with Crippen molar-refractivity contribution in [3.63, 3.8) is 0 Å². The highest BCUT2D eigenvalue weighted by molar-refractivity contribution is 5.86. The van der Waals surface area contributed by atoms with Gasteiger partial charge in [0.05, 0.1) is 12.2 Å². The molecular formula is C9H16O4. The number of rotatable bonds is 5. The molecule has 13 heavy (non-hydrogen) atoms. The maximum Gasteiger partial charge on any atom is 0.333 e. The van der Waals surface area contributed by atoms with Crippen molar-refractivity contribution in [1.29, 1.82) is 0 Å². The zero-order valence-electron chi connectivity index (χ0n) is 7.99. The van der Waals surface area contributed by atoms with Crippen LogP contribution in [0.3, 0.4) is 0 Å². The van der Waals surface area contributed by atoms with Crippen LogP contribution in [-0.2, 0) is 9.53 Å². The van der Waals surface area contributed by atoms with Crippen molar-refractivity contribution < 1.29 is 19.7 Å². The lowest BCUT2D eigenvalue weighted by atomic mass is 10.2. The number of hydrogen-bond donors (Lipinski definition) is 2. The van der Waals surface area contributed by atoms with Crippen LogP contribution in [0, 0.1) is 0 Å². The summed E-state index contributed by atoms with van der Waals surface area (Å²) in [4.78, 5) is 10.8. The van der Waals surface area contributed by atoms with Gasteiger partial charge in [0.25, 0.3) is 0 Å². The van der Waals surface area contributed by atoms with Crippen LogP contribution in [0.2, 0.25) is 0 Å². The zero-order chi connectivity index (χ0) is 10.4. The van der Waals surface area contributed by atoms with Gasteiger partial charge in [0, 0.05) is 12.0 Å². The fourth-order valence-electron chi connectivity index (χ4n) is 0.757. The van der Waals surface area contributed by atoms with Crippen LogP contribution in [0.1, 0.15) is 20.3 Å². The van der Waals surface area contributed by atoms with Gasteiger partial charge in [-0.1, -0.05) is 6.58 Å². The molecule has 0 saturated carbocycles. The second kappa shape index (κ2) is 5.72. The van der Waals surface area contributed by atoms with Gasteiger partial charge in [-0.25, -0.2) is 4.79 Å². The van der Waals surface area contributed by atoms with E-state index in [1.165, 1.54) is 6.92 Å². The smallest absolute Gasteiger partial charge is 0.333 e. The molecule has 4 heteroatoms. The topological polar surface area (TPSA) is 66.8 Å². The SMILES string of the molecule is C=C(C)C(=O)OCC(O)CC(C)O.